The van der Waals surface area contributed by atoms with E-state index in [1.54, 1.807) is 6.07 Å². The third-order valence-electron chi connectivity index (χ3n) is 7.01. The van der Waals surface area contributed by atoms with Crippen LogP contribution in [0.5, 0.6) is 0 Å². The van der Waals surface area contributed by atoms with Gasteiger partial charge in [-0.1, -0.05) is 65.9 Å². The van der Waals surface area contributed by atoms with E-state index in [-0.39, 0.29) is 11.8 Å². The van der Waals surface area contributed by atoms with Gasteiger partial charge in [0.2, 0.25) is 16.9 Å². The Labute approximate surface area is 249 Å². The van der Waals surface area contributed by atoms with Crippen molar-refractivity contribution in [3.63, 3.8) is 0 Å². The zero-order valence-electron chi connectivity index (χ0n) is 23.4. The quantitative estimate of drug-likeness (QED) is 0.150. The molecule has 1 fully saturated rings. The molecular weight excluding hydrogens is 550 g/mol. The van der Waals surface area contributed by atoms with Gasteiger partial charge in [0.25, 0.3) is 0 Å². The highest BCUT2D eigenvalue weighted by Crippen LogP contribution is 2.20. The van der Waals surface area contributed by atoms with E-state index in [1.807, 2.05) is 65.6 Å². The van der Waals surface area contributed by atoms with E-state index in [2.05, 4.69) is 31.0 Å². The fourth-order valence-corrected chi connectivity index (χ4v) is 5.49. The van der Waals surface area contributed by atoms with Crippen LogP contribution in [0.25, 0.3) is 0 Å². The molecular formula is C31H35N7O3S. The maximum absolute atomic E-state index is 12.3. The largest absolute Gasteiger partial charge is 0.373 e. The van der Waals surface area contributed by atoms with E-state index < -0.39 is 6.23 Å². The molecule has 0 radical (unpaired) electrons. The van der Waals surface area contributed by atoms with Gasteiger partial charge in [0.1, 0.15) is 11.2 Å². The van der Waals surface area contributed by atoms with Gasteiger partial charge in [0.05, 0.1) is 18.5 Å². The minimum absolute atomic E-state index is 0.124. The van der Waals surface area contributed by atoms with E-state index >= 15 is 0 Å². The molecule has 0 spiro atoms. The first-order chi connectivity index (χ1) is 20.5. The van der Waals surface area contributed by atoms with Crippen molar-refractivity contribution in [3.05, 3.63) is 94.1 Å². The van der Waals surface area contributed by atoms with E-state index in [0.717, 1.165) is 72.6 Å². The fourth-order valence-electron chi connectivity index (χ4n) is 4.66. The second kappa shape index (κ2) is 14.6. The minimum atomic E-state index is -0.809. The number of unbranched alkanes of at least 4 members (excludes halogenated alkanes) is 1. The standard InChI is InChI=1S/C31H35N7O3S/c39-27(19-22-8-2-1-3-9-22)32-26-15-14-25(34-35-26)12-4-5-13-29-36-37-31(42-29)33-28(40)20-23-10-6-11-24(18-23)21-30(41)38-16-7-17-38/h1-3,6,8-11,14-15,18,28,40H,4-5,7,12-13,16-17,19-21H2,(H,33,37)(H,32,35,39). The van der Waals surface area contributed by atoms with Crippen molar-refractivity contribution < 1.29 is 14.7 Å². The van der Waals surface area contributed by atoms with E-state index in [9.17, 15) is 14.7 Å². The van der Waals surface area contributed by atoms with Crippen molar-refractivity contribution in [2.75, 3.05) is 23.7 Å². The van der Waals surface area contributed by atoms with E-state index in [4.69, 9.17) is 0 Å². The van der Waals surface area contributed by atoms with Crippen LogP contribution in [0.1, 0.15) is 46.7 Å². The molecule has 0 bridgehead atoms. The third-order valence-corrected chi connectivity index (χ3v) is 7.92. The van der Waals surface area contributed by atoms with Crippen LogP contribution in [0.4, 0.5) is 10.9 Å². The Bertz CT molecular complexity index is 1460. The summed E-state index contributed by atoms with van der Waals surface area (Å²) in [6.45, 7) is 1.71. The molecule has 2 aromatic carbocycles. The number of nitrogens with one attached hydrogen (secondary N) is 2. The Morgan fingerprint density at radius 3 is 2.40 bits per heavy atom. The van der Waals surface area contributed by atoms with Gasteiger partial charge < -0.3 is 20.6 Å². The number of rotatable bonds is 14. The highest BCUT2D eigenvalue weighted by molar-refractivity contribution is 7.15. The number of anilines is 2. The van der Waals surface area contributed by atoms with Crippen LogP contribution in [0.15, 0.2) is 66.7 Å². The molecule has 2 aromatic heterocycles. The zero-order chi connectivity index (χ0) is 29.1. The van der Waals surface area contributed by atoms with Crippen molar-refractivity contribution in [1.82, 2.24) is 25.3 Å². The number of aromatic nitrogens is 4. The Morgan fingerprint density at radius 1 is 0.857 bits per heavy atom. The van der Waals surface area contributed by atoms with E-state index in [0.29, 0.717) is 30.2 Å². The Kier molecular flexibility index (Phi) is 10.2. The van der Waals surface area contributed by atoms with Gasteiger partial charge in [-0.25, -0.2) is 0 Å². The summed E-state index contributed by atoms with van der Waals surface area (Å²) in [5.74, 6) is 0.478. The molecule has 42 heavy (non-hydrogen) atoms. The monoisotopic (exact) mass is 585 g/mol. The van der Waals surface area contributed by atoms with Crippen LogP contribution in [0.2, 0.25) is 0 Å². The molecule has 0 saturated carbocycles. The summed E-state index contributed by atoms with van der Waals surface area (Å²) in [6, 6.07) is 21.0. The van der Waals surface area contributed by atoms with Crippen LogP contribution >= 0.6 is 11.3 Å². The molecule has 10 nitrogen and oxygen atoms in total. The highest BCUT2D eigenvalue weighted by atomic mass is 32.1. The van der Waals surface area contributed by atoms with Crippen LogP contribution < -0.4 is 10.6 Å². The molecule has 3 heterocycles. The Balaban J connectivity index is 0.994. The van der Waals surface area contributed by atoms with Gasteiger partial charge in [0, 0.05) is 25.9 Å². The molecule has 5 rings (SSSR count). The number of carbonyl (C=O) groups is 2. The van der Waals surface area contributed by atoms with Gasteiger partial charge in [-0.3, -0.25) is 9.59 Å². The number of aliphatic hydroxyl groups is 1. The number of nitrogens with zero attached hydrogens (tertiary/aromatic N) is 5. The van der Waals surface area contributed by atoms with Gasteiger partial charge in [0.15, 0.2) is 5.82 Å². The third kappa shape index (κ3) is 8.89. The summed E-state index contributed by atoms with van der Waals surface area (Å²) in [5.41, 5.74) is 3.73. The summed E-state index contributed by atoms with van der Waals surface area (Å²) >= 11 is 1.44. The summed E-state index contributed by atoms with van der Waals surface area (Å²) < 4.78 is 0. The summed E-state index contributed by atoms with van der Waals surface area (Å²) in [7, 11) is 0. The summed E-state index contributed by atoms with van der Waals surface area (Å²) in [6.07, 6.45) is 4.74. The average molecular weight is 586 g/mol. The number of aliphatic hydroxyl groups excluding tert-OH is 1. The smallest absolute Gasteiger partial charge is 0.229 e. The maximum Gasteiger partial charge on any atom is 0.229 e. The van der Waals surface area contributed by atoms with Crippen LogP contribution in [-0.2, 0) is 41.7 Å². The fraction of sp³-hybridized carbons (Fsp3) is 0.355. The Hall–Kier alpha value is -4.22. The van der Waals surface area contributed by atoms with Gasteiger partial charge in [-0.05, 0) is 54.5 Å². The molecule has 4 aromatic rings. The first-order valence-corrected chi connectivity index (χ1v) is 15.1. The molecule has 1 unspecified atom stereocenters. The molecule has 3 N–H and O–H groups in total. The number of aryl methyl sites for hydroxylation is 2. The summed E-state index contributed by atoms with van der Waals surface area (Å²) in [5, 5.41) is 34.7. The summed E-state index contributed by atoms with van der Waals surface area (Å²) in [4.78, 5) is 26.3. The number of hydrogen-bond donors (Lipinski definition) is 3. The van der Waals surface area contributed by atoms with Crippen molar-refractivity contribution >= 4 is 34.1 Å². The molecule has 2 amide bonds. The second-order valence-electron chi connectivity index (χ2n) is 10.4. The number of likely N-dealkylation sites (tertiary alicyclic amines) is 1. The lowest BCUT2D eigenvalue weighted by molar-refractivity contribution is -0.133. The lowest BCUT2D eigenvalue weighted by Gasteiger charge is -2.31. The van der Waals surface area contributed by atoms with Crippen LogP contribution in [0.3, 0.4) is 0 Å². The molecule has 11 heteroatoms. The average Bonchev–Trinajstić information content (AvgIpc) is 3.38. The van der Waals surface area contributed by atoms with Crippen molar-refractivity contribution in [2.45, 2.75) is 57.6 Å². The zero-order valence-corrected chi connectivity index (χ0v) is 24.2. The van der Waals surface area contributed by atoms with Gasteiger partial charge >= 0.3 is 0 Å². The molecule has 1 aliphatic heterocycles. The van der Waals surface area contributed by atoms with E-state index in [1.165, 1.54) is 11.3 Å². The topological polar surface area (TPSA) is 133 Å². The number of amides is 2. The first kappa shape index (κ1) is 29.3. The number of hydrogen-bond acceptors (Lipinski definition) is 9. The second-order valence-corrected chi connectivity index (χ2v) is 11.5. The maximum atomic E-state index is 12.3. The normalized spacial score (nSPS) is 13.3. The van der Waals surface area contributed by atoms with Crippen LogP contribution in [-0.4, -0.2) is 61.5 Å². The number of carbonyl (C=O) groups excluding carboxylic acids is 2. The molecule has 0 aliphatic carbocycles. The van der Waals surface area contributed by atoms with Crippen molar-refractivity contribution in [2.24, 2.45) is 0 Å². The lowest BCUT2D eigenvalue weighted by Crippen LogP contribution is -2.42. The van der Waals surface area contributed by atoms with Crippen molar-refractivity contribution in [1.29, 1.82) is 0 Å². The van der Waals surface area contributed by atoms with Crippen molar-refractivity contribution in [3.8, 4) is 0 Å². The minimum Gasteiger partial charge on any atom is -0.373 e. The van der Waals surface area contributed by atoms with Gasteiger partial charge in [-0.15, -0.1) is 15.3 Å². The van der Waals surface area contributed by atoms with Crippen LogP contribution in [0, 0.1) is 0 Å². The molecule has 1 atom stereocenters. The molecule has 1 aliphatic rings. The SMILES string of the molecule is O=C(Cc1ccccc1)Nc1ccc(CCCCc2nnc(NC(O)Cc3cccc(CC(=O)N4CCC4)c3)s2)nn1. The predicted molar refractivity (Wildman–Crippen MR) is 162 cm³/mol. The Morgan fingerprint density at radius 2 is 1.64 bits per heavy atom. The predicted octanol–water partition coefficient (Wildman–Crippen LogP) is 3.82. The molecule has 1 saturated heterocycles. The lowest BCUT2D eigenvalue weighted by atomic mass is 10.0. The molecule has 218 valence electrons. The highest BCUT2D eigenvalue weighted by Gasteiger charge is 2.20. The first-order valence-electron chi connectivity index (χ1n) is 14.3. The van der Waals surface area contributed by atoms with Gasteiger partial charge in [-0.2, -0.15) is 5.10 Å². The number of benzene rings is 2.